The Labute approximate surface area is 70.8 Å². The van der Waals surface area contributed by atoms with Crippen LogP contribution in [0.4, 0.5) is 0 Å². The maximum absolute atomic E-state index is 4.06. The Bertz CT molecular complexity index is 314. The van der Waals surface area contributed by atoms with Crippen molar-refractivity contribution in [2.24, 2.45) is 0 Å². The van der Waals surface area contributed by atoms with Gasteiger partial charge in [0.05, 0.1) is 12.6 Å². The molecular weight excluding hydrogens is 150 g/mol. The van der Waals surface area contributed by atoms with Gasteiger partial charge in [-0.1, -0.05) is 6.07 Å². The first-order valence-corrected chi connectivity index (χ1v) is 3.83. The minimum Gasteiger partial charge on any atom is -0.264 e. The first kappa shape index (κ1) is 7.03. The maximum atomic E-state index is 4.06. The van der Waals surface area contributed by atoms with Gasteiger partial charge in [0, 0.05) is 18.5 Å². The summed E-state index contributed by atoms with van der Waals surface area (Å²) in [5.74, 6) is 0. The van der Waals surface area contributed by atoms with Crippen molar-refractivity contribution >= 4 is 5.71 Å². The van der Waals surface area contributed by atoms with Crippen molar-refractivity contribution in [2.45, 2.75) is 6.42 Å². The number of hydrazone groups is 1. The molecule has 0 amide bonds. The van der Waals surface area contributed by atoms with Crippen molar-refractivity contribution < 1.29 is 0 Å². The fraction of sp³-hybridized carbons (Fsp3) is 0.111. The van der Waals surface area contributed by atoms with E-state index in [-0.39, 0.29) is 0 Å². The minimum atomic E-state index is 0.845. The van der Waals surface area contributed by atoms with Crippen molar-refractivity contribution in [3.63, 3.8) is 0 Å². The summed E-state index contributed by atoms with van der Waals surface area (Å²) in [7, 11) is 0. The highest BCUT2D eigenvalue weighted by Crippen LogP contribution is 1.99. The van der Waals surface area contributed by atoms with Crippen LogP contribution < -0.4 is 10.5 Å². The van der Waals surface area contributed by atoms with Crippen molar-refractivity contribution in [3.8, 4) is 0 Å². The van der Waals surface area contributed by atoms with Gasteiger partial charge in [0.2, 0.25) is 0 Å². The van der Waals surface area contributed by atoms with Gasteiger partial charge in [-0.3, -0.25) is 4.98 Å². The molecule has 3 nitrogen and oxygen atoms in total. The second-order valence-corrected chi connectivity index (χ2v) is 2.60. The number of pyridine rings is 1. The topological polar surface area (TPSA) is 39.0 Å². The van der Waals surface area contributed by atoms with Gasteiger partial charge >= 0.3 is 0 Å². The number of allylic oxidation sites excluding steroid dienone is 1. The largest absolute Gasteiger partial charge is 0.292 e. The van der Waals surface area contributed by atoms with E-state index in [2.05, 4.69) is 15.5 Å². The fourth-order valence-corrected chi connectivity index (χ4v) is 1.10. The Hall–Kier alpha value is -1.64. The van der Waals surface area contributed by atoms with Gasteiger partial charge in [-0.05, 0) is 11.6 Å². The van der Waals surface area contributed by atoms with Crippen LogP contribution in [-0.2, 0) is 6.42 Å². The number of hydrogen-bond donors (Lipinski definition) is 1. The van der Waals surface area contributed by atoms with E-state index in [9.17, 15) is 0 Å². The quantitative estimate of drug-likeness (QED) is 0.679. The maximum Gasteiger partial charge on any atom is 0.292 e. The van der Waals surface area contributed by atoms with E-state index in [0.717, 1.165) is 12.1 Å². The zero-order chi connectivity index (χ0) is 8.23. The Morgan fingerprint density at radius 1 is 1.50 bits per heavy atom. The average Bonchev–Trinajstić information content (AvgIpc) is 2.59. The predicted molar refractivity (Wildman–Crippen MR) is 47.4 cm³/mol. The summed E-state index contributed by atoms with van der Waals surface area (Å²) in [6, 6.07) is 3.98. The van der Waals surface area contributed by atoms with E-state index in [1.54, 1.807) is 6.20 Å². The average molecular weight is 159 g/mol. The second-order valence-electron chi connectivity index (χ2n) is 2.60. The number of rotatable bonds is 2. The molecule has 59 valence electrons. The third-order valence-electron chi connectivity index (χ3n) is 1.67. The summed E-state index contributed by atoms with van der Waals surface area (Å²) in [6.07, 6.45) is 8.26. The molecular formula is C9H9N3+. The fourth-order valence-electron chi connectivity index (χ4n) is 1.10. The first-order valence-electron chi connectivity index (χ1n) is 3.83. The molecule has 0 fully saturated rings. The monoisotopic (exact) mass is 159 g/mol. The Kier molecular flexibility index (Phi) is 1.86. The van der Waals surface area contributed by atoms with Crippen LogP contribution in [0.25, 0.3) is 0 Å². The van der Waals surface area contributed by atoms with Gasteiger partial charge in [-0.15, -0.1) is 5.43 Å². The van der Waals surface area contributed by atoms with E-state index in [4.69, 9.17) is 0 Å². The molecule has 0 aromatic carbocycles. The van der Waals surface area contributed by atoms with E-state index in [1.807, 2.05) is 30.6 Å². The molecule has 2 heterocycles. The first-order chi connectivity index (χ1) is 5.95. The summed E-state index contributed by atoms with van der Waals surface area (Å²) < 4.78 is 0. The van der Waals surface area contributed by atoms with Crippen LogP contribution in [0.1, 0.15) is 5.56 Å². The molecule has 1 aromatic rings. The Morgan fingerprint density at radius 2 is 2.50 bits per heavy atom. The van der Waals surface area contributed by atoms with Gasteiger partial charge in [-0.2, -0.15) is 0 Å². The van der Waals surface area contributed by atoms with Gasteiger partial charge in [-0.25, -0.2) is 0 Å². The lowest BCUT2D eigenvalue weighted by molar-refractivity contribution is 0.881. The van der Waals surface area contributed by atoms with E-state index >= 15 is 0 Å². The van der Waals surface area contributed by atoms with E-state index < -0.39 is 0 Å². The zero-order valence-corrected chi connectivity index (χ0v) is 6.57. The van der Waals surface area contributed by atoms with Crippen LogP contribution in [0.3, 0.4) is 0 Å². The summed E-state index contributed by atoms with van der Waals surface area (Å²) in [5, 5.41) is 4.06. The summed E-state index contributed by atoms with van der Waals surface area (Å²) >= 11 is 0. The highest BCUT2D eigenvalue weighted by atomic mass is 15.3. The SMILES string of the molecule is C1=CC(Cc2cccnc2)=[N+]N1. The zero-order valence-electron chi connectivity index (χ0n) is 6.57. The molecule has 0 aliphatic carbocycles. The highest BCUT2D eigenvalue weighted by molar-refractivity contribution is 5.96. The van der Waals surface area contributed by atoms with Crippen LogP contribution in [0.15, 0.2) is 36.8 Å². The lowest BCUT2D eigenvalue weighted by Gasteiger charge is -1.90. The van der Waals surface area contributed by atoms with Gasteiger partial charge in [0.15, 0.2) is 5.10 Å². The molecule has 1 aromatic heterocycles. The van der Waals surface area contributed by atoms with Crippen LogP contribution in [-0.4, -0.2) is 10.7 Å². The number of nitrogens with zero attached hydrogens (tertiary/aromatic N) is 2. The van der Waals surface area contributed by atoms with Crippen molar-refractivity contribution in [2.75, 3.05) is 0 Å². The van der Waals surface area contributed by atoms with Crippen LogP contribution in [0.2, 0.25) is 0 Å². The standard InChI is InChI=1S/C9H9N3/c1-2-8(7-10-4-1)6-9-3-5-11-12-9/h1-5,7,11H,6H2/q+1. The van der Waals surface area contributed by atoms with E-state index in [0.29, 0.717) is 0 Å². The molecule has 0 unspecified atom stereocenters. The van der Waals surface area contributed by atoms with Crippen molar-refractivity contribution in [1.82, 2.24) is 15.5 Å². The minimum absolute atomic E-state index is 0.845. The van der Waals surface area contributed by atoms with Crippen LogP contribution in [0, 0.1) is 0 Å². The number of aromatic nitrogens is 1. The molecule has 0 bridgehead atoms. The molecule has 3 heteroatoms. The molecule has 0 atom stereocenters. The van der Waals surface area contributed by atoms with Gasteiger partial charge < -0.3 is 0 Å². The van der Waals surface area contributed by atoms with Crippen LogP contribution in [0.5, 0.6) is 0 Å². The third kappa shape index (κ3) is 1.50. The molecule has 1 radical (unpaired) electrons. The lowest BCUT2D eigenvalue weighted by Crippen LogP contribution is -2.10. The number of nitrogens with one attached hydrogen (secondary N) is 1. The van der Waals surface area contributed by atoms with Crippen molar-refractivity contribution in [1.29, 1.82) is 0 Å². The van der Waals surface area contributed by atoms with E-state index in [1.165, 1.54) is 5.56 Å². The third-order valence-corrected chi connectivity index (χ3v) is 1.67. The second kappa shape index (κ2) is 3.17. The highest BCUT2D eigenvalue weighted by Gasteiger charge is 2.12. The van der Waals surface area contributed by atoms with Gasteiger partial charge in [0.25, 0.3) is 5.71 Å². The Morgan fingerprint density at radius 3 is 3.17 bits per heavy atom. The van der Waals surface area contributed by atoms with Crippen LogP contribution >= 0.6 is 0 Å². The molecule has 0 saturated heterocycles. The lowest BCUT2D eigenvalue weighted by atomic mass is 10.1. The summed E-state index contributed by atoms with van der Waals surface area (Å²) in [6.45, 7) is 0. The smallest absolute Gasteiger partial charge is 0.264 e. The molecule has 0 spiro atoms. The molecule has 2 rings (SSSR count). The number of hydrogen-bond acceptors (Lipinski definition) is 3. The summed E-state index contributed by atoms with van der Waals surface area (Å²) in [5.41, 5.74) is 5.01. The molecule has 12 heavy (non-hydrogen) atoms. The molecule has 1 N–H and O–H groups in total. The molecule has 1 aliphatic rings. The summed E-state index contributed by atoms with van der Waals surface area (Å²) in [4.78, 5) is 4.03. The predicted octanol–water partition coefficient (Wildman–Crippen LogP) is 0.433. The normalized spacial score (nSPS) is 14.2. The van der Waals surface area contributed by atoms with Crippen molar-refractivity contribution in [3.05, 3.63) is 42.4 Å². The molecule has 1 aliphatic heterocycles. The Balaban J connectivity index is 2.09. The van der Waals surface area contributed by atoms with Gasteiger partial charge in [0.1, 0.15) is 0 Å². The molecule has 0 saturated carbocycles.